The molecule has 23 heavy (non-hydrogen) atoms. The van der Waals surface area contributed by atoms with E-state index in [9.17, 15) is 9.59 Å². The molecule has 7 nitrogen and oxygen atoms in total. The highest BCUT2D eigenvalue weighted by atomic mass is 32.1. The first-order chi connectivity index (χ1) is 11.1. The number of amides is 1. The van der Waals surface area contributed by atoms with Gasteiger partial charge in [0.1, 0.15) is 5.56 Å². The van der Waals surface area contributed by atoms with Gasteiger partial charge in [0.2, 0.25) is 10.1 Å². The molecule has 0 unspecified atom stereocenters. The summed E-state index contributed by atoms with van der Waals surface area (Å²) in [6.45, 7) is 6.64. The average molecular weight is 335 g/mol. The first kappa shape index (κ1) is 15.9. The zero-order valence-electron chi connectivity index (χ0n) is 13.4. The van der Waals surface area contributed by atoms with Gasteiger partial charge < -0.3 is 10.2 Å². The molecule has 0 saturated carbocycles. The molecule has 1 fully saturated rings. The zero-order chi connectivity index (χ0) is 16.4. The predicted octanol–water partition coefficient (Wildman–Crippen LogP) is 1.53. The second-order valence-corrected chi connectivity index (χ2v) is 6.92. The fourth-order valence-corrected chi connectivity index (χ4v) is 3.51. The minimum Gasteiger partial charge on any atom is -0.352 e. The highest BCUT2D eigenvalue weighted by molar-refractivity contribution is 7.20. The van der Waals surface area contributed by atoms with E-state index >= 15 is 0 Å². The lowest BCUT2D eigenvalue weighted by Gasteiger charge is -2.29. The molecule has 3 heterocycles. The maximum absolute atomic E-state index is 12.5. The van der Waals surface area contributed by atoms with Crippen LogP contribution in [0.5, 0.6) is 0 Å². The Morgan fingerprint density at radius 1 is 1.43 bits per heavy atom. The molecule has 1 amide bonds. The van der Waals surface area contributed by atoms with Crippen LogP contribution in [-0.4, -0.2) is 40.1 Å². The molecule has 2 aromatic rings. The molecule has 0 bridgehead atoms. The van der Waals surface area contributed by atoms with Gasteiger partial charge in [-0.2, -0.15) is 4.52 Å². The first-order valence-electron chi connectivity index (χ1n) is 8.02. The Morgan fingerprint density at radius 2 is 2.17 bits per heavy atom. The highest BCUT2D eigenvalue weighted by Gasteiger charge is 2.21. The largest absolute Gasteiger partial charge is 0.352 e. The van der Waals surface area contributed by atoms with E-state index in [1.165, 1.54) is 22.0 Å². The van der Waals surface area contributed by atoms with Gasteiger partial charge in [-0.3, -0.25) is 9.59 Å². The number of anilines is 1. The van der Waals surface area contributed by atoms with E-state index in [0.717, 1.165) is 43.4 Å². The number of hydrogen-bond acceptors (Lipinski definition) is 6. The van der Waals surface area contributed by atoms with Gasteiger partial charge >= 0.3 is 0 Å². The smallest absolute Gasteiger partial charge is 0.288 e. The standard InChI is InChI=1S/C15H21N5O2S/c1-3-6-16-12(21)11-9-17-14-20(13(11)22)18-15(23-14)19-7-4-10(2)5-8-19/h9-10H,3-8H2,1-2H3,(H,16,21). The van der Waals surface area contributed by atoms with Gasteiger partial charge in [0, 0.05) is 25.8 Å². The number of nitrogens with zero attached hydrogens (tertiary/aromatic N) is 4. The second kappa shape index (κ2) is 6.66. The summed E-state index contributed by atoms with van der Waals surface area (Å²) in [4.78, 5) is 31.4. The Morgan fingerprint density at radius 3 is 2.87 bits per heavy atom. The van der Waals surface area contributed by atoms with E-state index in [4.69, 9.17) is 0 Å². The van der Waals surface area contributed by atoms with Crippen molar-refractivity contribution in [1.82, 2.24) is 19.9 Å². The maximum atomic E-state index is 12.5. The molecule has 0 spiro atoms. The van der Waals surface area contributed by atoms with E-state index in [2.05, 4.69) is 27.2 Å². The molecular weight excluding hydrogens is 314 g/mol. The molecule has 8 heteroatoms. The summed E-state index contributed by atoms with van der Waals surface area (Å²) in [7, 11) is 0. The number of carbonyl (C=O) groups is 1. The third-order valence-corrected chi connectivity index (χ3v) is 5.09. The summed E-state index contributed by atoms with van der Waals surface area (Å²) >= 11 is 1.39. The van der Waals surface area contributed by atoms with Gasteiger partial charge in [-0.05, 0) is 25.2 Å². The third-order valence-electron chi connectivity index (χ3n) is 4.11. The van der Waals surface area contributed by atoms with Gasteiger partial charge in [-0.1, -0.05) is 25.2 Å². The van der Waals surface area contributed by atoms with Crippen LogP contribution in [0.4, 0.5) is 5.13 Å². The van der Waals surface area contributed by atoms with Gasteiger partial charge in [0.05, 0.1) is 0 Å². The minimum atomic E-state index is -0.406. The third kappa shape index (κ3) is 3.21. The second-order valence-electron chi connectivity index (χ2n) is 5.98. The summed E-state index contributed by atoms with van der Waals surface area (Å²) in [6.07, 6.45) is 4.42. The van der Waals surface area contributed by atoms with Crippen molar-refractivity contribution >= 4 is 27.3 Å². The molecular formula is C15H21N5O2S. The number of nitrogens with one attached hydrogen (secondary N) is 1. The summed E-state index contributed by atoms with van der Waals surface area (Å²) in [5, 5.41) is 7.89. The van der Waals surface area contributed by atoms with Crippen LogP contribution in [0.3, 0.4) is 0 Å². The van der Waals surface area contributed by atoms with Crippen LogP contribution in [0.15, 0.2) is 11.0 Å². The molecule has 2 aromatic heterocycles. The molecule has 124 valence electrons. The van der Waals surface area contributed by atoms with E-state index in [-0.39, 0.29) is 11.5 Å². The van der Waals surface area contributed by atoms with E-state index in [1.54, 1.807) is 0 Å². The fraction of sp³-hybridized carbons (Fsp3) is 0.600. The van der Waals surface area contributed by atoms with Crippen molar-refractivity contribution in [2.24, 2.45) is 5.92 Å². The molecule has 1 N–H and O–H groups in total. The monoisotopic (exact) mass is 335 g/mol. The van der Waals surface area contributed by atoms with Crippen LogP contribution < -0.4 is 15.8 Å². The molecule has 1 aliphatic heterocycles. The van der Waals surface area contributed by atoms with Crippen LogP contribution in [-0.2, 0) is 0 Å². The summed E-state index contributed by atoms with van der Waals surface area (Å²) in [5.41, 5.74) is -0.364. The van der Waals surface area contributed by atoms with E-state index in [1.807, 2.05) is 6.92 Å². The van der Waals surface area contributed by atoms with Crippen molar-refractivity contribution in [2.75, 3.05) is 24.5 Å². The molecule has 0 aromatic carbocycles. The van der Waals surface area contributed by atoms with Crippen LogP contribution in [0.2, 0.25) is 0 Å². The molecule has 0 radical (unpaired) electrons. The number of fused-ring (bicyclic) bond motifs is 1. The maximum Gasteiger partial charge on any atom is 0.288 e. The molecule has 0 aliphatic carbocycles. The van der Waals surface area contributed by atoms with Crippen molar-refractivity contribution < 1.29 is 4.79 Å². The normalized spacial score (nSPS) is 16.0. The van der Waals surface area contributed by atoms with Crippen LogP contribution in [0, 0.1) is 5.92 Å². The summed E-state index contributed by atoms with van der Waals surface area (Å²) < 4.78 is 1.25. The Bertz CT molecular complexity index is 761. The van der Waals surface area contributed by atoms with Crippen LogP contribution in [0.1, 0.15) is 43.5 Å². The Balaban J connectivity index is 1.89. The number of rotatable bonds is 4. The van der Waals surface area contributed by atoms with E-state index in [0.29, 0.717) is 11.5 Å². The van der Waals surface area contributed by atoms with Crippen molar-refractivity contribution in [2.45, 2.75) is 33.1 Å². The number of carbonyl (C=O) groups excluding carboxylic acids is 1. The minimum absolute atomic E-state index is 0.0417. The van der Waals surface area contributed by atoms with Gasteiger partial charge in [-0.15, -0.1) is 5.10 Å². The predicted molar refractivity (Wildman–Crippen MR) is 90.4 cm³/mol. The highest BCUT2D eigenvalue weighted by Crippen LogP contribution is 2.26. The lowest BCUT2D eigenvalue weighted by Crippen LogP contribution is -2.33. The SMILES string of the molecule is CCCNC(=O)c1cnc2sc(N3CCC(C)CC3)nn2c1=O. The van der Waals surface area contributed by atoms with Crippen LogP contribution >= 0.6 is 11.3 Å². The van der Waals surface area contributed by atoms with Gasteiger partial charge in [-0.25, -0.2) is 4.98 Å². The molecule has 3 rings (SSSR count). The van der Waals surface area contributed by atoms with Crippen molar-refractivity contribution in [3.8, 4) is 0 Å². The quantitative estimate of drug-likeness (QED) is 0.916. The Kier molecular flexibility index (Phi) is 4.61. The first-order valence-corrected chi connectivity index (χ1v) is 8.83. The van der Waals surface area contributed by atoms with Crippen LogP contribution in [0.25, 0.3) is 4.96 Å². The van der Waals surface area contributed by atoms with Crippen molar-refractivity contribution in [1.29, 1.82) is 0 Å². The van der Waals surface area contributed by atoms with Crippen molar-refractivity contribution in [3.05, 3.63) is 22.1 Å². The van der Waals surface area contributed by atoms with E-state index < -0.39 is 5.56 Å². The fourth-order valence-electron chi connectivity index (χ4n) is 2.59. The van der Waals surface area contributed by atoms with Crippen molar-refractivity contribution in [3.63, 3.8) is 0 Å². The average Bonchev–Trinajstić information content (AvgIpc) is 2.98. The lowest BCUT2D eigenvalue weighted by atomic mass is 10.00. The lowest BCUT2D eigenvalue weighted by molar-refractivity contribution is 0.0951. The molecule has 1 aliphatic rings. The molecule has 0 atom stereocenters. The summed E-state index contributed by atoms with van der Waals surface area (Å²) in [6, 6.07) is 0. The zero-order valence-corrected chi connectivity index (χ0v) is 14.2. The summed E-state index contributed by atoms with van der Waals surface area (Å²) in [5.74, 6) is 0.343. The Hall–Kier alpha value is -1.96. The van der Waals surface area contributed by atoms with Gasteiger partial charge in [0.15, 0.2) is 0 Å². The number of piperidine rings is 1. The van der Waals surface area contributed by atoms with Gasteiger partial charge in [0.25, 0.3) is 11.5 Å². The number of aromatic nitrogens is 3. The number of hydrogen-bond donors (Lipinski definition) is 1. The Labute approximate surface area is 138 Å². The molecule has 1 saturated heterocycles. The topological polar surface area (TPSA) is 79.6 Å².